The van der Waals surface area contributed by atoms with Gasteiger partial charge in [0.15, 0.2) is 0 Å². The highest BCUT2D eigenvalue weighted by molar-refractivity contribution is 6.06. The third kappa shape index (κ3) is 3.21. The molecule has 0 aliphatic carbocycles. The zero-order valence-corrected chi connectivity index (χ0v) is 15.7. The Balaban J connectivity index is 1.44. The van der Waals surface area contributed by atoms with Crippen LogP contribution in [0.4, 0.5) is 0 Å². The van der Waals surface area contributed by atoms with Crippen LogP contribution < -0.4 is 0 Å². The number of hydrogen-bond donors (Lipinski definition) is 1. The summed E-state index contributed by atoms with van der Waals surface area (Å²) in [4.78, 5) is 32.5. The van der Waals surface area contributed by atoms with Gasteiger partial charge in [-0.1, -0.05) is 24.3 Å². The number of aromatic amines is 1. The second-order valence-corrected chi connectivity index (χ2v) is 7.13. The molecule has 1 aliphatic heterocycles. The number of carbonyl (C=O) groups is 2. The highest BCUT2D eigenvalue weighted by Gasteiger charge is 2.26. The number of nitrogens with one attached hydrogen (secondary N) is 1. The molecule has 1 aromatic heterocycles. The Morgan fingerprint density at radius 2 is 1.52 bits per heavy atom. The van der Waals surface area contributed by atoms with E-state index in [2.05, 4.69) is 4.98 Å². The fraction of sp³-hybridized carbons (Fsp3) is 0.273. The molecule has 1 aliphatic rings. The largest absolute Gasteiger partial charge is 0.360 e. The van der Waals surface area contributed by atoms with E-state index in [0.717, 1.165) is 22.0 Å². The molecular weight excluding hydrogens is 338 g/mol. The monoisotopic (exact) mass is 361 g/mol. The molecule has 2 amide bonds. The van der Waals surface area contributed by atoms with Gasteiger partial charge in [0.1, 0.15) is 0 Å². The third-order valence-corrected chi connectivity index (χ3v) is 5.43. The fourth-order valence-corrected chi connectivity index (χ4v) is 3.59. The lowest BCUT2D eigenvalue weighted by Gasteiger charge is -2.34. The molecule has 138 valence electrons. The number of para-hydroxylation sites is 1. The number of aryl methyl sites for hydroxylation is 2. The summed E-state index contributed by atoms with van der Waals surface area (Å²) in [6.45, 7) is 6.27. The lowest BCUT2D eigenvalue weighted by Crippen LogP contribution is -2.50. The lowest BCUT2D eigenvalue weighted by atomic mass is 10.1. The van der Waals surface area contributed by atoms with Crippen LogP contribution in [0.15, 0.2) is 48.7 Å². The van der Waals surface area contributed by atoms with Gasteiger partial charge in [0.2, 0.25) is 0 Å². The molecule has 0 radical (unpaired) electrons. The van der Waals surface area contributed by atoms with Crippen LogP contribution in [0.1, 0.15) is 31.8 Å². The van der Waals surface area contributed by atoms with Gasteiger partial charge in [-0.2, -0.15) is 0 Å². The van der Waals surface area contributed by atoms with Crippen molar-refractivity contribution in [1.82, 2.24) is 14.8 Å². The Morgan fingerprint density at radius 1 is 0.852 bits per heavy atom. The van der Waals surface area contributed by atoms with Crippen LogP contribution in [0, 0.1) is 13.8 Å². The molecule has 27 heavy (non-hydrogen) atoms. The summed E-state index contributed by atoms with van der Waals surface area (Å²) < 4.78 is 0. The van der Waals surface area contributed by atoms with Gasteiger partial charge in [0, 0.05) is 48.8 Å². The van der Waals surface area contributed by atoms with E-state index >= 15 is 0 Å². The Kier molecular flexibility index (Phi) is 4.44. The summed E-state index contributed by atoms with van der Waals surface area (Å²) >= 11 is 0. The first-order valence-corrected chi connectivity index (χ1v) is 9.26. The van der Waals surface area contributed by atoms with Crippen LogP contribution >= 0.6 is 0 Å². The predicted molar refractivity (Wildman–Crippen MR) is 106 cm³/mol. The van der Waals surface area contributed by atoms with Gasteiger partial charge >= 0.3 is 0 Å². The normalized spacial score (nSPS) is 14.6. The van der Waals surface area contributed by atoms with Crippen molar-refractivity contribution in [2.75, 3.05) is 26.2 Å². The quantitative estimate of drug-likeness (QED) is 0.761. The average Bonchev–Trinajstić information content (AvgIpc) is 3.13. The molecule has 0 saturated carbocycles. The molecule has 5 nitrogen and oxygen atoms in total. The maximum Gasteiger partial charge on any atom is 0.256 e. The van der Waals surface area contributed by atoms with Gasteiger partial charge in [-0.25, -0.2) is 0 Å². The van der Waals surface area contributed by atoms with Crippen molar-refractivity contribution in [3.8, 4) is 0 Å². The molecule has 1 saturated heterocycles. The van der Waals surface area contributed by atoms with Crippen molar-refractivity contribution in [1.29, 1.82) is 0 Å². The minimum atomic E-state index is 0.0192. The van der Waals surface area contributed by atoms with Crippen LogP contribution in [0.2, 0.25) is 0 Å². The van der Waals surface area contributed by atoms with E-state index in [1.165, 1.54) is 5.56 Å². The fourth-order valence-electron chi connectivity index (χ4n) is 3.59. The molecule has 2 heterocycles. The number of fused-ring (bicyclic) bond motifs is 1. The zero-order chi connectivity index (χ0) is 19.0. The molecule has 1 fully saturated rings. The second-order valence-electron chi connectivity index (χ2n) is 7.13. The second kappa shape index (κ2) is 6.91. The van der Waals surface area contributed by atoms with Gasteiger partial charge in [-0.3, -0.25) is 9.59 Å². The summed E-state index contributed by atoms with van der Waals surface area (Å²) in [5, 5.41) is 0.941. The van der Waals surface area contributed by atoms with Gasteiger partial charge in [-0.05, 0) is 43.2 Å². The van der Waals surface area contributed by atoms with Crippen LogP contribution in [-0.2, 0) is 0 Å². The first-order valence-electron chi connectivity index (χ1n) is 9.26. The number of rotatable bonds is 2. The maximum absolute atomic E-state index is 12.9. The highest BCUT2D eigenvalue weighted by atomic mass is 16.2. The first kappa shape index (κ1) is 17.3. The zero-order valence-electron chi connectivity index (χ0n) is 15.7. The molecule has 5 heteroatoms. The number of benzene rings is 2. The van der Waals surface area contributed by atoms with E-state index in [0.29, 0.717) is 31.7 Å². The SMILES string of the molecule is Cc1ccc(C(=O)N2CCN(C(=O)c3c[nH]c4ccccc34)CC2)cc1C. The topological polar surface area (TPSA) is 56.4 Å². The number of carbonyl (C=O) groups excluding carboxylic acids is 2. The molecule has 1 N–H and O–H groups in total. The summed E-state index contributed by atoms with van der Waals surface area (Å²) in [7, 11) is 0. The van der Waals surface area contributed by atoms with Crippen LogP contribution in [0.5, 0.6) is 0 Å². The van der Waals surface area contributed by atoms with Crippen LogP contribution in [-0.4, -0.2) is 52.8 Å². The smallest absolute Gasteiger partial charge is 0.256 e. The van der Waals surface area contributed by atoms with E-state index < -0.39 is 0 Å². The molecule has 3 aromatic rings. The van der Waals surface area contributed by atoms with Crippen molar-refractivity contribution in [2.24, 2.45) is 0 Å². The highest BCUT2D eigenvalue weighted by Crippen LogP contribution is 2.20. The first-order chi connectivity index (χ1) is 13.0. The predicted octanol–water partition coefficient (Wildman–Crippen LogP) is 3.38. The standard InChI is InChI=1S/C22H23N3O2/c1-15-7-8-17(13-16(15)2)21(26)24-9-11-25(12-10-24)22(27)19-14-23-20-6-4-3-5-18(19)20/h3-8,13-14,23H,9-12H2,1-2H3. The Hall–Kier alpha value is -3.08. The minimum Gasteiger partial charge on any atom is -0.360 e. The van der Waals surface area contributed by atoms with Crippen molar-refractivity contribution < 1.29 is 9.59 Å². The Bertz CT molecular complexity index is 1010. The average molecular weight is 361 g/mol. The van der Waals surface area contributed by atoms with E-state index in [1.54, 1.807) is 6.20 Å². The summed E-state index contributed by atoms with van der Waals surface area (Å²) in [5.74, 6) is 0.0584. The molecule has 4 rings (SSSR count). The summed E-state index contributed by atoms with van der Waals surface area (Å²) in [6.07, 6.45) is 1.78. The van der Waals surface area contributed by atoms with Crippen molar-refractivity contribution in [3.63, 3.8) is 0 Å². The third-order valence-electron chi connectivity index (χ3n) is 5.43. The lowest BCUT2D eigenvalue weighted by molar-refractivity contribution is 0.0536. The van der Waals surface area contributed by atoms with Gasteiger partial charge in [0.05, 0.1) is 5.56 Å². The Morgan fingerprint density at radius 3 is 2.22 bits per heavy atom. The molecule has 0 bridgehead atoms. The van der Waals surface area contributed by atoms with Crippen molar-refractivity contribution >= 4 is 22.7 Å². The maximum atomic E-state index is 12.9. The van der Waals surface area contributed by atoms with E-state index in [1.807, 2.05) is 66.1 Å². The van der Waals surface area contributed by atoms with Crippen LogP contribution in [0.25, 0.3) is 10.9 Å². The number of nitrogens with zero attached hydrogens (tertiary/aromatic N) is 2. The molecule has 2 aromatic carbocycles. The van der Waals surface area contributed by atoms with Gasteiger partial charge < -0.3 is 14.8 Å². The Labute approximate surface area is 158 Å². The van der Waals surface area contributed by atoms with E-state index in [-0.39, 0.29) is 11.8 Å². The molecule has 0 spiro atoms. The number of amides is 2. The number of piperazine rings is 1. The summed E-state index contributed by atoms with van der Waals surface area (Å²) in [6, 6.07) is 13.6. The van der Waals surface area contributed by atoms with E-state index in [9.17, 15) is 9.59 Å². The summed E-state index contributed by atoms with van der Waals surface area (Å²) in [5.41, 5.74) is 4.67. The molecule has 0 atom stereocenters. The number of aromatic nitrogens is 1. The molecule has 0 unspecified atom stereocenters. The van der Waals surface area contributed by atoms with Crippen LogP contribution in [0.3, 0.4) is 0 Å². The van der Waals surface area contributed by atoms with Crippen molar-refractivity contribution in [3.05, 3.63) is 70.9 Å². The van der Waals surface area contributed by atoms with Crippen molar-refractivity contribution in [2.45, 2.75) is 13.8 Å². The van der Waals surface area contributed by atoms with Gasteiger partial charge in [0.25, 0.3) is 11.8 Å². The number of hydrogen-bond acceptors (Lipinski definition) is 2. The van der Waals surface area contributed by atoms with Gasteiger partial charge in [-0.15, -0.1) is 0 Å². The number of H-pyrrole nitrogens is 1. The van der Waals surface area contributed by atoms with E-state index in [4.69, 9.17) is 0 Å². The minimum absolute atomic E-state index is 0.0192. The molecular formula is C22H23N3O2.